The van der Waals surface area contributed by atoms with Crippen molar-refractivity contribution in [2.24, 2.45) is 18.7 Å². The quantitative estimate of drug-likeness (QED) is 0.884. The Morgan fingerprint density at radius 3 is 3.18 bits per heavy atom. The Labute approximate surface area is 105 Å². The molecule has 0 saturated heterocycles. The van der Waals surface area contributed by atoms with Gasteiger partial charge >= 0.3 is 0 Å². The van der Waals surface area contributed by atoms with Crippen LogP contribution >= 0.6 is 11.3 Å². The third-order valence-corrected chi connectivity index (χ3v) is 4.51. The average Bonchev–Trinajstić information content (AvgIpc) is 2.97. The summed E-state index contributed by atoms with van der Waals surface area (Å²) >= 11 is 1.75. The average molecular weight is 247 g/mol. The van der Waals surface area contributed by atoms with Gasteiger partial charge in [0.15, 0.2) is 0 Å². The van der Waals surface area contributed by atoms with Crippen LogP contribution in [0.5, 0.6) is 0 Å². The standard InChI is InChI=1S/C13H17N3S/c1-16-11-5-4-9(8-14)7-10(11)15-13(16)12-3-2-6-17-12/h2-3,6,9H,4-5,7-8,14H2,1H3. The van der Waals surface area contributed by atoms with Crippen molar-refractivity contribution in [2.45, 2.75) is 19.3 Å². The molecule has 0 radical (unpaired) electrons. The number of rotatable bonds is 2. The number of nitrogens with two attached hydrogens (primary N) is 1. The van der Waals surface area contributed by atoms with Crippen molar-refractivity contribution in [3.05, 3.63) is 28.9 Å². The number of hydrogen-bond acceptors (Lipinski definition) is 3. The monoisotopic (exact) mass is 247 g/mol. The summed E-state index contributed by atoms with van der Waals surface area (Å²) in [6, 6.07) is 4.22. The van der Waals surface area contributed by atoms with Crippen LogP contribution in [0.3, 0.4) is 0 Å². The minimum Gasteiger partial charge on any atom is -0.330 e. The summed E-state index contributed by atoms with van der Waals surface area (Å²) in [6.07, 6.45) is 3.37. The molecule has 2 N–H and O–H groups in total. The Morgan fingerprint density at radius 2 is 2.47 bits per heavy atom. The van der Waals surface area contributed by atoms with Crippen molar-refractivity contribution in [3.8, 4) is 10.7 Å². The smallest absolute Gasteiger partial charge is 0.150 e. The molecule has 2 aromatic heterocycles. The number of imidazole rings is 1. The largest absolute Gasteiger partial charge is 0.330 e. The maximum absolute atomic E-state index is 5.77. The number of nitrogens with zero attached hydrogens (tertiary/aromatic N) is 2. The van der Waals surface area contributed by atoms with E-state index in [1.54, 1.807) is 11.3 Å². The first kappa shape index (κ1) is 11.0. The molecule has 0 bridgehead atoms. The summed E-state index contributed by atoms with van der Waals surface area (Å²) in [4.78, 5) is 6.06. The molecule has 1 aliphatic rings. The zero-order chi connectivity index (χ0) is 11.8. The highest BCUT2D eigenvalue weighted by Gasteiger charge is 2.24. The molecule has 0 aromatic carbocycles. The van der Waals surface area contributed by atoms with Gasteiger partial charge in [-0.25, -0.2) is 4.98 Å². The highest BCUT2D eigenvalue weighted by Crippen LogP contribution is 2.30. The summed E-state index contributed by atoms with van der Waals surface area (Å²) in [5.41, 5.74) is 8.43. The Hall–Kier alpha value is -1.13. The van der Waals surface area contributed by atoms with Crippen LogP contribution in [0.2, 0.25) is 0 Å². The van der Waals surface area contributed by atoms with Gasteiger partial charge in [0.05, 0.1) is 10.6 Å². The van der Waals surface area contributed by atoms with Gasteiger partial charge in [0.25, 0.3) is 0 Å². The molecule has 1 unspecified atom stereocenters. The predicted molar refractivity (Wildman–Crippen MR) is 71.1 cm³/mol. The first-order valence-corrected chi connectivity index (χ1v) is 6.96. The highest BCUT2D eigenvalue weighted by atomic mass is 32.1. The van der Waals surface area contributed by atoms with Gasteiger partial charge in [-0.2, -0.15) is 0 Å². The molecule has 2 heterocycles. The van der Waals surface area contributed by atoms with Crippen molar-refractivity contribution in [1.82, 2.24) is 9.55 Å². The number of aromatic nitrogens is 2. The van der Waals surface area contributed by atoms with Gasteiger partial charge in [-0.1, -0.05) is 6.07 Å². The Morgan fingerprint density at radius 1 is 1.59 bits per heavy atom. The van der Waals surface area contributed by atoms with Gasteiger partial charge in [0.2, 0.25) is 0 Å². The minimum atomic E-state index is 0.619. The SMILES string of the molecule is Cn1c(-c2cccs2)nc2c1CCC(CN)C2. The summed E-state index contributed by atoms with van der Waals surface area (Å²) in [5, 5.41) is 2.10. The second-order valence-electron chi connectivity index (χ2n) is 4.71. The van der Waals surface area contributed by atoms with Crippen molar-refractivity contribution in [2.75, 3.05) is 6.54 Å². The van der Waals surface area contributed by atoms with Crippen molar-refractivity contribution < 1.29 is 0 Å². The van der Waals surface area contributed by atoms with Crippen LogP contribution in [0, 0.1) is 5.92 Å². The Balaban J connectivity index is 2.01. The van der Waals surface area contributed by atoms with E-state index in [-0.39, 0.29) is 0 Å². The van der Waals surface area contributed by atoms with Crippen LogP contribution < -0.4 is 5.73 Å². The lowest BCUT2D eigenvalue weighted by Crippen LogP contribution is -2.22. The molecular formula is C13H17N3S. The fourth-order valence-electron chi connectivity index (χ4n) is 2.61. The minimum absolute atomic E-state index is 0.619. The molecule has 3 rings (SSSR count). The summed E-state index contributed by atoms with van der Waals surface area (Å²) in [6.45, 7) is 0.782. The lowest BCUT2D eigenvalue weighted by molar-refractivity contribution is 0.456. The molecule has 0 saturated carbocycles. The highest BCUT2D eigenvalue weighted by molar-refractivity contribution is 7.13. The summed E-state index contributed by atoms with van der Waals surface area (Å²) < 4.78 is 2.26. The van der Waals surface area contributed by atoms with Crippen molar-refractivity contribution in [3.63, 3.8) is 0 Å². The van der Waals surface area contributed by atoms with E-state index in [9.17, 15) is 0 Å². The molecule has 0 amide bonds. The predicted octanol–water partition coefficient (Wildman–Crippen LogP) is 2.21. The van der Waals surface area contributed by atoms with Crippen LogP contribution in [0.1, 0.15) is 17.8 Å². The van der Waals surface area contributed by atoms with E-state index in [4.69, 9.17) is 10.7 Å². The van der Waals surface area contributed by atoms with Crippen molar-refractivity contribution in [1.29, 1.82) is 0 Å². The molecule has 90 valence electrons. The van der Waals surface area contributed by atoms with Gasteiger partial charge in [0, 0.05) is 12.7 Å². The van der Waals surface area contributed by atoms with Gasteiger partial charge in [-0.05, 0) is 43.2 Å². The topological polar surface area (TPSA) is 43.8 Å². The lowest BCUT2D eigenvalue weighted by Gasteiger charge is -2.20. The van der Waals surface area contributed by atoms with E-state index in [1.165, 1.54) is 22.7 Å². The molecule has 0 fully saturated rings. The molecular weight excluding hydrogens is 230 g/mol. The van der Waals surface area contributed by atoms with Crippen LogP contribution in [0.4, 0.5) is 0 Å². The molecule has 2 aromatic rings. The first-order valence-electron chi connectivity index (χ1n) is 6.08. The number of fused-ring (bicyclic) bond motifs is 1. The lowest BCUT2D eigenvalue weighted by atomic mass is 9.90. The fraction of sp³-hybridized carbons (Fsp3) is 0.462. The maximum atomic E-state index is 5.77. The van der Waals surface area contributed by atoms with Crippen LogP contribution in [0.15, 0.2) is 17.5 Å². The Bertz CT molecular complexity index is 513. The molecule has 17 heavy (non-hydrogen) atoms. The van der Waals surface area contributed by atoms with Crippen LogP contribution in [-0.2, 0) is 19.9 Å². The second-order valence-corrected chi connectivity index (χ2v) is 5.66. The molecule has 1 aliphatic carbocycles. The van der Waals surface area contributed by atoms with E-state index >= 15 is 0 Å². The van der Waals surface area contributed by atoms with Crippen molar-refractivity contribution >= 4 is 11.3 Å². The van der Waals surface area contributed by atoms with E-state index < -0.39 is 0 Å². The normalized spacial score (nSPS) is 19.3. The third-order valence-electron chi connectivity index (χ3n) is 3.64. The molecule has 3 nitrogen and oxygen atoms in total. The van der Waals surface area contributed by atoms with Crippen LogP contribution in [0.25, 0.3) is 10.7 Å². The molecule has 1 atom stereocenters. The van der Waals surface area contributed by atoms with Gasteiger partial charge in [-0.3, -0.25) is 0 Å². The second kappa shape index (κ2) is 4.27. The number of thiophene rings is 1. The zero-order valence-corrected chi connectivity index (χ0v) is 10.8. The van der Waals surface area contributed by atoms with Crippen LogP contribution in [-0.4, -0.2) is 16.1 Å². The molecule has 0 aliphatic heterocycles. The van der Waals surface area contributed by atoms with Gasteiger partial charge in [-0.15, -0.1) is 11.3 Å². The zero-order valence-electron chi connectivity index (χ0n) is 10.0. The van der Waals surface area contributed by atoms with Gasteiger partial charge in [0.1, 0.15) is 5.82 Å². The number of hydrogen-bond donors (Lipinski definition) is 1. The Kier molecular flexibility index (Phi) is 2.76. The molecule has 4 heteroatoms. The van der Waals surface area contributed by atoms with Gasteiger partial charge < -0.3 is 10.3 Å². The maximum Gasteiger partial charge on any atom is 0.150 e. The fourth-order valence-corrected chi connectivity index (χ4v) is 3.36. The van der Waals surface area contributed by atoms with E-state index in [2.05, 4.69) is 29.1 Å². The third kappa shape index (κ3) is 1.81. The summed E-state index contributed by atoms with van der Waals surface area (Å²) in [7, 11) is 2.13. The van der Waals surface area contributed by atoms with E-state index in [0.717, 1.165) is 25.2 Å². The van der Waals surface area contributed by atoms with E-state index in [1.807, 2.05) is 0 Å². The van der Waals surface area contributed by atoms with E-state index in [0.29, 0.717) is 5.92 Å². The molecule has 0 spiro atoms. The summed E-state index contributed by atoms with van der Waals surface area (Å²) in [5.74, 6) is 1.73. The first-order chi connectivity index (χ1) is 8.29.